The molecule has 136 valence electrons. The van der Waals surface area contributed by atoms with Crippen molar-refractivity contribution in [2.75, 3.05) is 0 Å². The predicted molar refractivity (Wildman–Crippen MR) is 106 cm³/mol. The largest absolute Gasteiger partial charge is 0.445 e. The van der Waals surface area contributed by atoms with Gasteiger partial charge in [0.05, 0.1) is 5.56 Å². The molecule has 27 heavy (non-hydrogen) atoms. The van der Waals surface area contributed by atoms with Crippen molar-refractivity contribution in [3.05, 3.63) is 106 Å². The molecule has 0 saturated carbocycles. The van der Waals surface area contributed by atoms with Gasteiger partial charge >= 0.3 is 5.97 Å². The molecule has 0 aliphatic heterocycles. The van der Waals surface area contributed by atoms with Gasteiger partial charge in [-0.05, 0) is 32.9 Å². The first-order valence-corrected chi connectivity index (χ1v) is 8.89. The van der Waals surface area contributed by atoms with E-state index in [-0.39, 0.29) is 5.78 Å². The Morgan fingerprint density at radius 3 is 1.52 bits per heavy atom. The second-order valence-corrected chi connectivity index (χ2v) is 6.79. The highest BCUT2D eigenvalue weighted by molar-refractivity contribution is 6.02. The van der Waals surface area contributed by atoms with Gasteiger partial charge in [-0.3, -0.25) is 4.79 Å². The molecule has 0 aliphatic carbocycles. The fourth-order valence-corrected chi connectivity index (χ4v) is 2.75. The van der Waals surface area contributed by atoms with Gasteiger partial charge in [0, 0.05) is 11.1 Å². The SMILES string of the molecule is Cc1ccc(C(=O)OC(C(=O)c2ccc(C)cc2)c2ccc(C)cc2)cc1. The summed E-state index contributed by atoms with van der Waals surface area (Å²) >= 11 is 0. The summed E-state index contributed by atoms with van der Waals surface area (Å²) in [4.78, 5) is 25.7. The predicted octanol–water partition coefficient (Wildman–Crippen LogP) is 5.39. The molecule has 1 unspecified atom stereocenters. The summed E-state index contributed by atoms with van der Waals surface area (Å²) in [6.07, 6.45) is -0.984. The van der Waals surface area contributed by atoms with Crippen molar-refractivity contribution in [1.82, 2.24) is 0 Å². The smallest absolute Gasteiger partial charge is 0.339 e. The normalized spacial score (nSPS) is 11.7. The highest BCUT2D eigenvalue weighted by Crippen LogP contribution is 2.25. The van der Waals surface area contributed by atoms with E-state index in [9.17, 15) is 9.59 Å². The monoisotopic (exact) mass is 358 g/mol. The van der Waals surface area contributed by atoms with Crippen LogP contribution in [0, 0.1) is 20.8 Å². The lowest BCUT2D eigenvalue weighted by molar-refractivity contribution is 0.0280. The zero-order chi connectivity index (χ0) is 19.4. The minimum atomic E-state index is -0.984. The standard InChI is InChI=1S/C24H22O3/c1-16-4-10-19(11-5-16)22(25)23(20-12-6-17(2)7-13-20)27-24(26)21-14-8-18(3)9-15-21/h4-15,23H,1-3H3. The van der Waals surface area contributed by atoms with Crippen LogP contribution in [0.1, 0.15) is 49.1 Å². The van der Waals surface area contributed by atoms with Crippen molar-refractivity contribution >= 4 is 11.8 Å². The number of benzene rings is 3. The fraction of sp³-hybridized carbons (Fsp3) is 0.167. The number of ketones is 1. The summed E-state index contributed by atoms with van der Waals surface area (Å²) in [5.41, 5.74) is 4.79. The van der Waals surface area contributed by atoms with Crippen molar-refractivity contribution in [2.45, 2.75) is 26.9 Å². The topological polar surface area (TPSA) is 43.4 Å². The van der Waals surface area contributed by atoms with E-state index in [0.29, 0.717) is 16.7 Å². The van der Waals surface area contributed by atoms with Crippen LogP contribution in [0.4, 0.5) is 0 Å². The fourth-order valence-electron chi connectivity index (χ4n) is 2.75. The lowest BCUT2D eigenvalue weighted by Gasteiger charge is -2.18. The summed E-state index contributed by atoms with van der Waals surface area (Å²) in [7, 11) is 0. The Bertz CT molecular complexity index is 936. The molecule has 0 amide bonds. The number of esters is 1. The summed E-state index contributed by atoms with van der Waals surface area (Å²) in [6, 6.07) is 21.9. The molecule has 0 aromatic heterocycles. The van der Waals surface area contributed by atoms with Crippen LogP contribution in [-0.4, -0.2) is 11.8 Å². The molecule has 0 fully saturated rings. The van der Waals surface area contributed by atoms with Crippen LogP contribution in [0.5, 0.6) is 0 Å². The lowest BCUT2D eigenvalue weighted by atomic mass is 9.98. The quantitative estimate of drug-likeness (QED) is 0.453. The third-order valence-corrected chi connectivity index (χ3v) is 4.47. The average Bonchev–Trinajstić information content (AvgIpc) is 2.67. The number of aryl methyl sites for hydroxylation is 3. The zero-order valence-corrected chi connectivity index (χ0v) is 15.7. The maximum atomic E-state index is 13.1. The Balaban J connectivity index is 1.93. The molecule has 0 spiro atoms. The van der Waals surface area contributed by atoms with E-state index in [2.05, 4.69) is 0 Å². The second-order valence-electron chi connectivity index (χ2n) is 6.79. The Morgan fingerprint density at radius 2 is 1.04 bits per heavy atom. The first kappa shape index (κ1) is 18.6. The Kier molecular flexibility index (Phi) is 5.51. The van der Waals surface area contributed by atoms with Crippen LogP contribution in [0.25, 0.3) is 0 Å². The third kappa shape index (κ3) is 4.50. The highest BCUT2D eigenvalue weighted by atomic mass is 16.5. The molecule has 0 aliphatic rings. The van der Waals surface area contributed by atoms with E-state index < -0.39 is 12.1 Å². The van der Waals surface area contributed by atoms with E-state index in [0.717, 1.165) is 16.7 Å². The molecule has 3 heteroatoms. The number of hydrogen-bond acceptors (Lipinski definition) is 3. The molecule has 0 bridgehead atoms. The Hall–Kier alpha value is -3.20. The molecule has 1 atom stereocenters. The molecule has 3 aromatic rings. The number of hydrogen-bond donors (Lipinski definition) is 0. The van der Waals surface area contributed by atoms with Gasteiger partial charge in [-0.1, -0.05) is 77.4 Å². The summed E-state index contributed by atoms with van der Waals surface area (Å²) in [5.74, 6) is -0.750. The van der Waals surface area contributed by atoms with Gasteiger partial charge < -0.3 is 4.74 Å². The summed E-state index contributed by atoms with van der Waals surface area (Å²) < 4.78 is 5.66. The van der Waals surface area contributed by atoms with Crippen LogP contribution in [0.3, 0.4) is 0 Å². The lowest BCUT2D eigenvalue weighted by Crippen LogP contribution is -2.20. The van der Waals surface area contributed by atoms with Crippen molar-refractivity contribution in [3.8, 4) is 0 Å². The average molecular weight is 358 g/mol. The van der Waals surface area contributed by atoms with Crippen LogP contribution in [0.2, 0.25) is 0 Å². The van der Waals surface area contributed by atoms with Gasteiger partial charge in [-0.25, -0.2) is 4.79 Å². The first-order valence-electron chi connectivity index (χ1n) is 8.89. The summed E-state index contributed by atoms with van der Waals surface area (Å²) in [6.45, 7) is 5.88. The van der Waals surface area contributed by atoms with Gasteiger partial charge in [0.15, 0.2) is 6.10 Å². The molecule has 3 nitrogen and oxygen atoms in total. The van der Waals surface area contributed by atoms with Crippen LogP contribution >= 0.6 is 0 Å². The van der Waals surface area contributed by atoms with Gasteiger partial charge in [0.1, 0.15) is 0 Å². The second kappa shape index (κ2) is 8.00. The molecule has 0 N–H and O–H groups in total. The van der Waals surface area contributed by atoms with Crippen molar-refractivity contribution in [1.29, 1.82) is 0 Å². The van der Waals surface area contributed by atoms with E-state index >= 15 is 0 Å². The van der Waals surface area contributed by atoms with Gasteiger partial charge in [-0.15, -0.1) is 0 Å². The number of rotatable bonds is 5. The van der Waals surface area contributed by atoms with E-state index in [1.54, 1.807) is 24.3 Å². The zero-order valence-electron chi connectivity index (χ0n) is 15.7. The van der Waals surface area contributed by atoms with E-state index in [1.807, 2.05) is 69.3 Å². The molecule has 0 saturated heterocycles. The molecular formula is C24H22O3. The Labute approximate surface area is 159 Å². The maximum Gasteiger partial charge on any atom is 0.339 e. The molecular weight excluding hydrogens is 336 g/mol. The maximum absolute atomic E-state index is 13.1. The minimum absolute atomic E-state index is 0.237. The van der Waals surface area contributed by atoms with Crippen LogP contribution in [-0.2, 0) is 4.74 Å². The first-order chi connectivity index (χ1) is 12.9. The third-order valence-electron chi connectivity index (χ3n) is 4.47. The number of carbonyl (C=O) groups excluding carboxylic acids is 2. The highest BCUT2D eigenvalue weighted by Gasteiger charge is 2.26. The molecule has 0 heterocycles. The van der Waals surface area contributed by atoms with Crippen molar-refractivity contribution < 1.29 is 14.3 Å². The van der Waals surface area contributed by atoms with E-state index in [4.69, 9.17) is 4.74 Å². The van der Waals surface area contributed by atoms with Crippen molar-refractivity contribution in [3.63, 3.8) is 0 Å². The minimum Gasteiger partial charge on any atom is -0.445 e. The van der Waals surface area contributed by atoms with E-state index in [1.165, 1.54) is 0 Å². The van der Waals surface area contributed by atoms with Crippen molar-refractivity contribution in [2.24, 2.45) is 0 Å². The molecule has 3 aromatic carbocycles. The van der Waals surface area contributed by atoms with Gasteiger partial charge in [0.2, 0.25) is 5.78 Å². The number of Topliss-reactive ketones (excluding diaryl/α,β-unsaturated/α-hetero) is 1. The van der Waals surface area contributed by atoms with Gasteiger partial charge in [-0.2, -0.15) is 0 Å². The van der Waals surface area contributed by atoms with Gasteiger partial charge in [0.25, 0.3) is 0 Å². The number of ether oxygens (including phenoxy) is 1. The molecule has 0 radical (unpaired) electrons. The summed E-state index contributed by atoms with van der Waals surface area (Å²) in [5, 5.41) is 0. The van der Waals surface area contributed by atoms with Crippen LogP contribution in [0.15, 0.2) is 72.8 Å². The number of carbonyl (C=O) groups is 2. The van der Waals surface area contributed by atoms with Crippen LogP contribution < -0.4 is 0 Å². The molecule has 3 rings (SSSR count). The Morgan fingerprint density at radius 1 is 0.630 bits per heavy atom.